The molecule has 3 N–H and O–H groups in total. The van der Waals surface area contributed by atoms with Crippen LogP contribution in [0.1, 0.15) is 5.56 Å². The number of aryl methyl sites for hydroxylation is 1. The van der Waals surface area contributed by atoms with E-state index in [0.29, 0.717) is 25.4 Å². The van der Waals surface area contributed by atoms with E-state index >= 15 is 0 Å². The molecule has 0 radical (unpaired) electrons. The summed E-state index contributed by atoms with van der Waals surface area (Å²) in [6.07, 6.45) is 3.61. The Labute approximate surface area is 160 Å². The Morgan fingerprint density at radius 1 is 1.40 bits per heavy atom. The normalized spacial score (nSPS) is 11.5. The summed E-state index contributed by atoms with van der Waals surface area (Å²) in [5.41, 5.74) is 7.62. The predicted octanol–water partition coefficient (Wildman–Crippen LogP) is 4.38. The molecule has 0 aliphatic heterocycles. The van der Waals surface area contributed by atoms with Gasteiger partial charge in [0.1, 0.15) is 0 Å². The molecule has 0 saturated carbocycles. The monoisotopic (exact) mass is 421 g/mol. The molecule has 0 aliphatic rings. The molecule has 0 amide bonds. The van der Waals surface area contributed by atoms with Crippen LogP contribution in [0.5, 0.6) is 5.88 Å². The lowest BCUT2D eigenvalue weighted by Crippen LogP contribution is -2.26. The second-order valence-corrected chi connectivity index (χ2v) is 6.78. The number of benzene rings is 1. The average molecular weight is 422 g/mol. The first kappa shape index (κ1) is 19.3. The van der Waals surface area contributed by atoms with Crippen LogP contribution in [0.3, 0.4) is 0 Å². The topological polar surface area (TPSA) is 79.1 Å². The number of hydrogen-bond acceptors (Lipinski definition) is 4. The van der Waals surface area contributed by atoms with Crippen molar-refractivity contribution < 1.29 is 5.11 Å². The summed E-state index contributed by atoms with van der Waals surface area (Å²) in [7, 11) is 0. The third-order valence-corrected chi connectivity index (χ3v) is 4.59. The maximum atomic E-state index is 10.7. The van der Waals surface area contributed by atoms with Crippen molar-refractivity contribution in [1.82, 2.24) is 9.47 Å². The molecule has 25 heavy (non-hydrogen) atoms. The van der Waals surface area contributed by atoms with Gasteiger partial charge < -0.3 is 10.8 Å². The van der Waals surface area contributed by atoms with Crippen molar-refractivity contribution in [2.75, 3.05) is 13.1 Å². The summed E-state index contributed by atoms with van der Waals surface area (Å²) in [6, 6.07) is 3.89. The number of aromatic hydroxyl groups is 1. The van der Waals surface area contributed by atoms with Gasteiger partial charge in [0.25, 0.3) is 0 Å². The van der Waals surface area contributed by atoms with E-state index in [2.05, 4.69) is 44.2 Å². The average Bonchev–Trinajstić information content (AvgIpc) is 2.78. The first-order valence-electron chi connectivity index (χ1n) is 7.55. The fourth-order valence-electron chi connectivity index (χ4n) is 2.54. The molecule has 1 aromatic carbocycles. The number of thiocarbonyl (C=S) groups is 1. The zero-order valence-electron chi connectivity index (χ0n) is 13.9. The molecule has 0 bridgehead atoms. The van der Waals surface area contributed by atoms with E-state index in [-0.39, 0.29) is 11.0 Å². The largest absolute Gasteiger partial charge is 0.493 e. The van der Waals surface area contributed by atoms with E-state index in [1.807, 2.05) is 31.2 Å². The summed E-state index contributed by atoms with van der Waals surface area (Å²) in [6.45, 7) is 11.3. The number of fused-ring (bicyclic) bond motifs is 1. The lowest BCUT2D eigenvalue weighted by atomic mass is 10.2. The summed E-state index contributed by atoms with van der Waals surface area (Å²) >= 11 is 8.26. The minimum atomic E-state index is -0.0913. The lowest BCUT2D eigenvalue weighted by molar-refractivity contribution is 0.255. The van der Waals surface area contributed by atoms with Crippen LogP contribution in [0.15, 0.2) is 52.1 Å². The number of nitrogens with zero attached hydrogens (tertiary/aromatic N) is 4. The minimum Gasteiger partial charge on any atom is -0.493 e. The molecule has 8 heteroatoms. The summed E-state index contributed by atoms with van der Waals surface area (Å²) in [5, 5.41) is 19.1. The maximum absolute atomic E-state index is 10.7. The number of aromatic nitrogens is 1. The van der Waals surface area contributed by atoms with Gasteiger partial charge in [0, 0.05) is 22.9 Å². The molecule has 0 saturated heterocycles. The van der Waals surface area contributed by atoms with Gasteiger partial charge in [0.2, 0.25) is 11.0 Å². The quantitative estimate of drug-likeness (QED) is 0.394. The van der Waals surface area contributed by atoms with E-state index in [0.717, 1.165) is 20.9 Å². The van der Waals surface area contributed by atoms with Gasteiger partial charge in [-0.3, -0.25) is 9.47 Å². The number of halogens is 1. The molecule has 2 aromatic rings. The van der Waals surface area contributed by atoms with Crippen LogP contribution in [0, 0.1) is 6.92 Å². The number of azo groups is 1. The van der Waals surface area contributed by atoms with Crippen LogP contribution in [-0.4, -0.2) is 32.8 Å². The van der Waals surface area contributed by atoms with Crippen LogP contribution in [0.2, 0.25) is 0 Å². The van der Waals surface area contributed by atoms with Crippen LogP contribution < -0.4 is 5.73 Å². The Balaban J connectivity index is 2.63. The molecule has 0 spiro atoms. The Kier molecular flexibility index (Phi) is 6.46. The minimum absolute atomic E-state index is 0.00521. The SMILES string of the molecule is C=CCN(CC=C)Cn1c(O)c(N=NC(N)=S)c2cc(Br)c(C)cc21. The second kappa shape index (κ2) is 8.37. The predicted molar refractivity (Wildman–Crippen MR) is 109 cm³/mol. The van der Waals surface area contributed by atoms with Gasteiger partial charge in [-0.1, -0.05) is 28.1 Å². The first-order valence-corrected chi connectivity index (χ1v) is 8.75. The van der Waals surface area contributed by atoms with Crippen LogP contribution in [0.4, 0.5) is 5.69 Å². The third-order valence-electron chi connectivity index (χ3n) is 3.65. The molecule has 0 unspecified atom stereocenters. The van der Waals surface area contributed by atoms with Gasteiger partial charge >= 0.3 is 0 Å². The highest BCUT2D eigenvalue weighted by Crippen LogP contribution is 2.41. The molecule has 0 aliphatic carbocycles. The van der Waals surface area contributed by atoms with Gasteiger partial charge in [-0.05, 0) is 36.8 Å². The van der Waals surface area contributed by atoms with E-state index in [4.69, 9.17) is 18.0 Å². The van der Waals surface area contributed by atoms with Crippen molar-refractivity contribution >= 4 is 49.9 Å². The number of rotatable bonds is 7. The number of nitrogens with two attached hydrogens (primary N) is 1. The van der Waals surface area contributed by atoms with Gasteiger partial charge in [0.15, 0.2) is 5.69 Å². The Morgan fingerprint density at radius 2 is 2.04 bits per heavy atom. The second-order valence-electron chi connectivity index (χ2n) is 5.51. The molecular formula is C17H20BrN5OS. The lowest BCUT2D eigenvalue weighted by Gasteiger charge is -2.20. The Bertz CT molecular complexity index is 849. The van der Waals surface area contributed by atoms with Gasteiger partial charge in [0.05, 0.1) is 12.2 Å². The zero-order chi connectivity index (χ0) is 18.6. The van der Waals surface area contributed by atoms with Crippen LogP contribution in [0.25, 0.3) is 10.9 Å². The van der Waals surface area contributed by atoms with Crippen molar-refractivity contribution in [2.24, 2.45) is 16.0 Å². The van der Waals surface area contributed by atoms with E-state index in [1.165, 1.54) is 0 Å². The van der Waals surface area contributed by atoms with Crippen molar-refractivity contribution in [2.45, 2.75) is 13.6 Å². The number of hydrogen-bond donors (Lipinski definition) is 2. The fourth-order valence-corrected chi connectivity index (χ4v) is 2.92. The maximum Gasteiger partial charge on any atom is 0.221 e. The van der Waals surface area contributed by atoms with Crippen LogP contribution >= 0.6 is 28.1 Å². The highest BCUT2D eigenvalue weighted by molar-refractivity contribution is 9.10. The fraction of sp³-hybridized carbons (Fsp3) is 0.235. The van der Waals surface area contributed by atoms with Gasteiger partial charge in [-0.15, -0.1) is 23.4 Å². The molecular weight excluding hydrogens is 402 g/mol. The van der Waals surface area contributed by atoms with Crippen molar-refractivity contribution in [1.29, 1.82) is 0 Å². The molecule has 0 fully saturated rings. The highest BCUT2D eigenvalue weighted by atomic mass is 79.9. The Morgan fingerprint density at radius 3 is 2.60 bits per heavy atom. The van der Waals surface area contributed by atoms with E-state index < -0.39 is 0 Å². The molecule has 1 aromatic heterocycles. The molecule has 132 valence electrons. The molecule has 0 atom stereocenters. The molecule has 6 nitrogen and oxygen atoms in total. The zero-order valence-corrected chi connectivity index (χ0v) is 16.3. The van der Waals surface area contributed by atoms with Crippen molar-refractivity contribution in [3.05, 3.63) is 47.5 Å². The highest BCUT2D eigenvalue weighted by Gasteiger charge is 2.19. The summed E-state index contributed by atoms with van der Waals surface area (Å²) in [5.74, 6) is 0.00521. The van der Waals surface area contributed by atoms with Gasteiger partial charge in [-0.25, -0.2) is 0 Å². The third kappa shape index (κ3) is 4.33. The van der Waals surface area contributed by atoms with Crippen molar-refractivity contribution in [3.63, 3.8) is 0 Å². The molecule has 1 heterocycles. The van der Waals surface area contributed by atoms with Crippen LogP contribution in [-0.2, 0) is 6.67 Å². The van der Waals surface area contributed by atoms with Gasteiger partial charge in [-0.2, -0.15) is 0 Å². The first-order chi connectivity index (χ1) is 11.9. The summed E-state index contributed by atoms with van der Waals surface area (Å²) < 4.78 is 2.69. The van der Waals surface area contributed by atoms with E-state index in [9.17, 15) is 5.11 Å². The van der Waals surface area contributed by atoms with E-state index in [1.54, 1.807) is 4.57 Å². The standard InChI is InChI=1S/C17H20BrN5OS/c1-4-6-22(7-5-2)10-23-14-8-11(3)13(18)9-12(14)15(16(23)24)20-21-17(19)25/h4-5,8-9,24H,1-2,6-7,10H2,3H3,(H2,19,25). The van der Waals surface area contributed by atoms with Crippen molar-refractivity contribution in [3.8, 4) is 5.88 Å². The smallest absolute Gasteiger partial charge is 0.221 e. The Hall–Kier alpha value is -2.03. The summed E-state index contributed by atoms with van der Waals surface area (Å²) in [4.78, 5) is 2.07. The molecule has 2 rings (SSSR count).